The Balaban J connectivity index is 1.71. The Morgan fingerprint density at radius 2 is 1.85 bits per heavy atom. The Morgan fingerprint density at radius 1 is 1.15 bits per heavy atom. The molecule has 1 saturated carbocycles. The maximum Gasteiger partial charge on any atom is 0.137 e. The molecule has 1 nitrogen and oxygen atoms in total. The molecule has 0 heterocycles. The number of aliphatic hydroxyl groups is 1. The lowest BCUT2D eigenvalue weighted by atomic mass is 9.99. The van der Waals surface area contributed by atoms with Crippen LogP contribution in [0.1, 0.15) is 41.6 Å². The smallest absolute Gasteiger partial charge is 0.137 e. The molecule has 1 fully saturated rings. The molecule has 3 heteroatoms. The summed E-state index contributed by atoms with van der Waals surface area (Å²) in [6.45, 7) is 0. The van der Waals surface area contributed by atoms with E-state index in [1.807, 2.05) is 12.1 Å². The number of halogens is 2. The summed E-state index contributed by atoms with van der Waals surface area (Å²) in [7, 11) is 0. The van der Waals surface area contributed by atoms with Gasteiger partial charge in [0, 0.05) is 6.42 Å². The molecule has 2 aromatic carbocycles. The Morgan fingerprint density at radius 3 is 2.45 bits per heavy atom. The minimum absolute atomic E-state index is 0.281. The highest BCUT2D eigenvalue weighted by Gasteiger charge is 2.23. The van der Waals surface area contributed by atoms with Crippen molar-refractivity contribution in [3.63, 3.8) is 0 Å². The van der Waals surface area contributed by atoms with Gasteiger partial charge in [-0.05, 0) is 63.5 Å². The van der Waals surface area contributed by atoms with Crippen LogP contribution in [-0.2, 0) is 6.42 Å². The van der Waals surface area contributed by atoms with Gasteiger partial charge in [0.1, 0.15) is 5.82 Å². The lowest BCUT2D eigenvalue weighted by molar-refractivity contribution is 0.178. The van der Waals surface area contributed by atoms with Crippen LogP contribution in [0.4, 0.5) is 4.39 Å². The number of rotatable bonds is 4. The lowest BCUT2D eigenvalue weighted by Gasteiger charge is -2.12. The Kier molecular flexibility index (Phi) is 3.90. The number of hydrogen-bond donors (Lipinski definition) is 1. The zero-order chi connectivity index (χ0) is 14.1. The van der Waals surface area contributed by atoms with E-state index in [9.17, 15) is 9.50 Å². The van der Waals surface area contributed by atoms with Crippen molar-refractivity contribution in [3.8, 4) is 0 Å². The zero-order valence-electron chi connectivity index (χ0n) is 11.0. The van der Waals surface area contributed by atoms with Crippen LogP contribution in [0.3, 0.4) is 0 Å². The van der Waals surface area contributed by atoms with E-state index in [4.69, 9.17) is 0 Å². The van der Waals surface area contributed by atoms with Crippen LogP contribution < -0.4 is 0 Å². The van der Waals surface area contributed by atoms with Crippen LogP contribution >= 0.6 is 15.9 Å². The average Bonchev–Trinajstić information content (AvgIpc) is 3.28. The standard InChI is InChI=1S/C17H16BrFO/c18-15-9-11(1-8-16(15)19)10-17(20)14-6-4-13(5-7-14)12-2-3-12/h1,4-9,12,17,20H,2-3,10H2. The summed E-state index contributed by atoms with van der Waals surface area (Å²) in [5.41, 5.74) is 3.19. The molecule has 0 radical (unpaired) electrons. The van der Waals surface area contributed by atoms with Gasteiger partial charge < -0.3 is 5.11 Å². The van der Waals surface area contributed by atoms with Crippen molar-refractivity contribution >= 4 is 15.9 Å². The predicted molar refractivity (Wildman–Crippen MR) is 81.2 cm³/mol. The van der Waals surface area contributed by atoms with Gasteiger partial charge in [-0.25, -0.2) is 4.39 Å². The molecule has 1 atom stereocenters. The summed E-state index contributed by atoms with van der Waals surface area (Å²) in [4.78, 5) is 0. The van der Waals surface area contributed by atoms with Crippen molar-refractivity contribution in [1.29, 1.82) is 0 Å². The SMILES string of the molecule is OC(Cc1ccc(F)c(Br)c1)c1ccc(C2CC2)cc1. The first-order valence-electron chi connectivity index (χ1n) is 6.85. The quantitative estimate of drug-likeness (QED) is 0.855. The van der Waals surface area contributed by atoms with E-state index in [1.54, 1.807) is 12.1 Å². The van der Waals surface area contributed by atoms with E-state index in [-0.39, 0.29) is 5.82 Å². The largest absolute Gasteiger partial charge is 0.388 e. The highest BCUT2D eigenvalue weighted by Crippen LogP contribution is 2.40. The first kappa shape index (κ1) is 13.8. The van der Waals surface area contributed by atoms with Crippen molar-refractivity contribution in [2.45, 2.75) is 31.3 Å². The summed E-state index contributed by atoms with van der Waals surface area (Å²) in [6.07, 6.45) is 2.50. The van der Waals surface area contributed by atoms with Gasteiger partial charge in [0.2, 0.25) is 0 Å². The van der Waals surface area contributed by atoms with Crippen molar-refractivity contribution in [3.05, 3.63) is 69.4 Å². The fourth-order valence-electron chi connectivity index (χ4n) is 2.41. The molecule has 0 aromatic heterocycles. The van der Waals surface area contributed by atoms with Crippen LogP contribution in [0.2, 0.25) is 0 Å². The first-order valence-corrected chi connectivity index (χ1v) is 7.64. The highest BCUT2D eigenvalue weighted by molar-refractivity contribution is 9.10. The summed E-state index contributed by atoms with van der Waals surface area (Å²) in [6, 6.07) is 13.1. The molecule has 1 N–H and O–H groups in total. The highest BCUT2D eigenvalue weighted by atomic mass is 79.9. The summed E-state index contributed by atoms with van der Waals surface area (Å²) in [5, 5.41) is 10.3. The summed E-state index contributed by atoms with van der Waals surface area (Å²) >= 11 is 3.17. The fourth-order valence-corrected chi connectivity index (χ4v) is 2.84. The molecule has 0 bridgehead atoms. The van der Waals surface area contributed by atoms with Gasteiger partial charge in [0.05, 0.1) is 10.6 Å². The summed E-state index contributed by atoms with van der Waals surface area (Å²) in [5.74, 6) is 0.450. The molecule has 0 saturated heterocycles. The molecular weight excluding hydrogens is 319 g/mol. The van der Waals surface area contributed by atoms with Gasteiger partial charge in [-0.15, -0.1) is 0 Å². The van der Waals surface area contributed by atoms with Crippen LogP contribution in [0.25, 0.3) is 0 Å². The second-order valence-corrected chi connectivity index (χ2v) is 6.26. The van der Waals surface area contributed by atoms with E-state index in [1.165, 1.54) is 24.5 Å². The van der Waals surface area contributed by atoms with Crippen LogP contribution in [-0.4, -0.2) is 5.11 Å². The molecule has 1 unspecified atom stereocenters. The molecule has 0 spiro atoms. The number of hydrogen-bond acceptors (Lipinski definition) is 1. The molecular formula is C17H16BrFO. The minimum atomic E-state index is -0.555. The molecule has 20 heavy (non-hydrogen) atoms. The lowest BCUT2D eigenvalue weighted by Crippen LogP contribution is -2.02. The molecule has 104 valence electrons. The van der Waals surface area contributed by atoms with Gasteiger partial charge in [-0.1, -0.05) is 30.3 Å². The van der Waals surface area contributed by atoms with E-state index >= 15 is 0 Å². The Bertz CT molecular complexity index is 605. The Labute approximate surface area is 126 Å². The molecule has 1 aliphatic carbocycles. The van der Waals surface area contributed by atoms with Gasteiger partial charge in [0.15, 0.2) is 0 Å². The molecule has 3 rings (SSSR count). The maximum atomic E-state index is 13.2. The van der Waals surface area contributed by atoms with Crippen LogP contribution in [0.15, 0.2) is 46.9 Å². The van der Waals surface area contributed by atoms with E-state index < -0.39 is 6.10 Å². The van der Waals surface area contributed by atoms with E-state index in [0.717, 1.165) is 17.0 Å². The normalized spacial score (nSPS) is 16.1. The van der Waals surface area contributed by atoms with Crippen molar-refractivity contribution < 1.29 is 9.50 Å². The maximum absolute atomic E-state index is 13.2. The van der Waals surface area contributed by atoms with E-state index in [0.29, 0.717) is 10.9 Å². The minimum Gasteiger partial charge on any atom is -0.388 e. The predicted octanol–water partition coefficient (Wildman–Crippen LogP) is 4.74. The van der Waals surface area contributed by atoms with Gasteiger partial charge in [-0.3, -0.25) is 0 Å². The van der Waals surface area contributed by atoms with Crippen LogP contribution in [0.5, 0.6) is 0 Å². The average molecular weight is 335 g/mol. The second kappa shape index (κ2) is 5.66. The zero-order valence-corrected chi connectivity index (χ0v) is 12.6. The third-order valence-corrected chi connectivity index (χ3v) is 4.39. The van der Waals surface area contributed by atoms with Gasteiger partial charge in [-0.2, -0.15) is 0 Å². The topological polar surface area (TPSA) is 20.2 Å². The molecule has 1 aliphatic rings. The van der Waals surface area contributed by atoms with Crippen molar-refractivity contribution in [1.82, 2.24) is 0 Å². The third-order valence-electron chi connectivity index (χ3n) is 3.78. The number of benzene rings is 2. The monoisotopic (exact) mass is 334 g/mol. The third kappa shape index (κ3) is 3.10. The van der Waals surface area contributed by atoms with Crippen molar-refractivity contribution in [2.75, 3.05) is 0 Å². The fraction of sp³-hybridized carbons (Fsp3) is 0.294. The summed E-state index contributed by atoms with van der Waals surface area (Å²) < 4.78 is 13.6. The Hall–Kier alpha value is -1.19. The van der Waals surface area contributed by atoms with Crippen LogP contribution in [0, 0.1) is 5.82 Å². The molecule has 2 aromatic rings. The molecule has 0 amide bonds. The first-order chi connectivity index (χ1) is 9.63. The second-order valence-electron chi connectivity index (χ2n) is 5.41. The van der Waals surface area contributed by atoms with E-state index in [2.05, 4.69) is 28.1 Å². The number of aliphatic hydroxyl groups excluding tert-OH is 1. The van der Waals surface area contributed by atoms with Crippen molar-refractivity contribution in [2.24, 2.45) is 0 Å². The van der Waals surface area contributed by atoms with Gasteiger partial charge >= 0.3 is 0 Å². The molecule has 0 aliphatic heterocycles. The van der Waals surface area contributed by atoms with Gasteiger partial charge in [0.25, 0.3) is 0 Å².